The molecule has 0 radical (unpaired) electrons. The third kappa shape index (κ3) is 6.42. The number of fused-ring (bicyclic) bond motifs is 3. The van der Waals surface area contributed by atoms with Crippen molar-refractivity contribution in [1.82, 2.24) is 0 Å². The molecule has 16 heteroatoms. The molecule has 1 unspecified atom stereocenters. The average Bonchev–Trinajstić information content (AvgIpc) is 3.79. The zero-order valence-corrected chi connectivity index (χ0v) is 31.9. The topological polar surface area (TPSA) is 224 Å². The van der Waals surface area contributed by atoms with Gasteiger partial charge in [-0.15, -0.1) is 0 Å². The van der Waals surface area contributed by atoms with Crippen LogP contribution < -0.4 is 0 Å². The van der Waals surface area contributed by atoms with E-state index in [0.29, 0.717) is 12.0 Å². The molecule has 2 bridgehead atoms. The lowest BCUT2D eigenvalue weighted by Gasteiger charge is -2.62. The van der Waals surface area contributed by atoms with Crippen molar-refractivity contribution in [2.24, 2.45) is 28.6 Å². The van der Waals surface area contributed by atoms with Crippen LogP contribution in [0.25, 0.3) is 0 Å². The van der Waals surface area contributed by atoms with Crippen molar-refractivity contribution in [3.63, 3.8) is 0 Å². The SMILES string of the molecule is C=C1C([C@@]2(C)[C@@H](OC(C)=O)C[C@@]3(O)OC[C@](C)(O3)[C@@H]2CC(=O)OC)[C@@H](OC=O)[C@H](OC(=O)[C@@H](O)[C@@H](C)CC)[C@@]2(C)[C@H](c3ccoc3)C[C@@H](OC(C)=O)[C@]12O. The molecular formula is C38H52O16. The van der Waals surface area contributed by atoms with Gasteiger partial charge in [0, 0.05) is 37.0 Å². The molecule has 0 spiro atoms. The van der Waals surface area contributed by atoms with Crippen LogP contribution in [0.4, 0.5) is 0 Å². The van der Waals surface area contributed by atoms with Gasteiger partial charge < -0.3 is 52.9 Å². The van der Waals surface area contributed by atoms with Gasteiger partial charge in [0.2, 0.25) is 0 Å². The minimum Gasteiger partial charge on any atom is -0.472 e. The first-order chi connectivity index (χ1) is 25.2. The zero-order chi connectivity index (χ0) is 40.2. The Morgan fingerprint density at radius 1 is 1.07 bits per heavy atom. The number of carbonyl (C=O) groups is 5. The molecule has 14 atom stereocenters. The summed E-state index contributed by atoms with van der Waals surface area (Å²) in [6.07, 6.45) is -5.45. The number of aliphatic hydroxyl groups is 3. The highest BCUT2D eigenvalue weighted by atomic mass is 16.9. The predicted molar refractivity (Wildman–Crippen MR) is 182 cm³/mol. The number of esters is 4. The summed E-state index contributed by atoms with van der Waals surface area (Å²) in [5, 5.41) is 36.2. The molecule has 16 nitrogen and oxygen atoms in total. The van der Waals surface area contributed by atoms with Crippen molar-refractivity contribution >= 4 is 30.3 Å². The van der Waals surface area contributed by atoms with Crippen LogP contribution in [0.3, 0.4) is 0 Å². The van der Waals surface area contributed by atoms with Crippen LogP contribution in [0, 0.1) is 28.6 Å². The van der Waals surface area contributed by atoms with Crippen LogP contribution in [0.5, 0.6) is 0 Å². The summed E-state index contributed by atoms with van der Waals surface area (Å²) < 4.78 is 46.4. The molecule has 300 valence electrons. The number of furan rings is 1. The molecule has 2 aliphatic carbocycles. The van der Waals surface area contributed by atoms with E-state index in [1.807, 2.05) is 0 Å². The van der Waals surface area contributed by atoms with E-state index in [2.05, 4.69) is 6.58 Å². The summed E-state index contributed by atoms with van der Waals surface area (Å²) in [7, 11) is 1.17. The number of hydrogen-bond acceptors (Lipinski definition) is 16. The molecule has 2 saturated heterocycles. The highest BCUT2D eigenvalue weighted by Gasteiger charge is 2.79. The second-order valence-electron chi connectivity index (χ2n) is 15.8. The van der Waals surface area contributed by atoms with Crippen molar-refractivity contribution < 1.29 is 76.9 Å². The van der Waals surface area contributed by atoms with E-state index in [1.165, 1.54) is 26.6 Å². The lowest BCUT2D eigenvalue weighted by molar-refractivity contribution is -0.328. The minimum absolute atomic E-state index is 0.0578. The van der Waals surface area contributed by atoms with Crippen LogP contribution in [-0.4, -0.2) is 107 Å². The van der Waals surface area contributed by atoms with Gasteiger partial charge in [-0.25, -0.2) is 4.79 Å². The van der Waals surface area contributed by atoms with Gasteiger partial charge in [0.05, 0.1) is 50.1 Å². The Morgan fingerprint density at radius 2 is 1.72 bits per heavy atom. The Kier molecular flexibility index (Phi) is 11.2. The smallest absolute Gasteiger partial charge is 0.335 e. The fraction of sp³-hybridized carbons (Fsp3) is 0.711. The fourth-order valence-electron chi connectivity index (χ4n) is 9.99. The number of hydrogen-bond donors (Lipinski definition) is 3. The Bertz CT molecular complexity index is 1630. The van der Waals surface area contributed by atoms with Gasteiger partial charge in [0.25, 0.3) is 12.4 Å². The van der Waals surface area contributed by atoms with Crippen LogP contribution in [0.15, 0.2) is 35.2 Å². The number of carbonyl (C=O) groups excluding carboxylic acids is 5. The summed E-state index contributed by atoms with van der Waals surface area (Å²) in [6.45, 7) is 14.8. The lowest BCUT2D eigenvalue weighted by atomic mass is 9.46. The maximum absolute atomic E-state index is 14.0. The molecule has 0 aromatic carbocycles. The van der Waals surface area contributed by atoms with Gasteiger partial charge in [-0.2, -0.15) is 0 Å². The van der Waals surface area contributed by atoms with Crippen molar-refractivity contribution in [2.75, 3.05) is 13.7 Å². The Labute approximate surface area is 313 Å². The summed E-state index contributed by atoms with van der Waals surface area (Å²) in [5.74, 6) is -9.64. The van der Waals surface area contributed by atoms with Crippen molar-refractivity contribution in [1.29, 1.82) is 0 Å². The van der Waals surface area contributed by atoms with E-state index in [0.717, 1.165) is 6.92 Å². The first kappa shape index (κ1) is 41.3. The lowest BCUT2D eigenvalue weighted by Crippen LogP contribution is -2.72. The van der Waals surface area contributed by atoms with E-state index in [4.69, 9.17) is 37.6 Å². The number of ether oxygens (including phenoxy) is 7. The van der Waals surface area contributed by atoms with E-state index < -0.39 is 119 Å². The second-order valence-corrected chi connectivity index (χ2v) is 15.8. The standard InChI is InChI=1S/C38H52O16/c1-10-19(2)30(43)33(44)53-32-31(49-18-39)29(20(3)38(46)26(51-21(4)40)13-24(36(32,38)8)23-11-12-48-16-23)35(7)25(14-28(42)47-9)34(6)17-50-37(45,54-34)15-27(35)52-22(5)41/h11-12,16,18-19,24-27,29-32,43,45-46H,3,10,13-15,17H2,1-2,4-9H3/t19-,24-,25-,26+,27-,29?,30-,31+,32-,34-,35+,36+,37+,38+/m0/s1. The molecule has 3 heterocycles. The maximum atomic E-state index is 14.0. The number of methoxy groups -OCH3 is 1. The van der Waals surface area contributed by atoms with Crippen LogP contribution in [0.1, 0.15) is 85.6 Å². The monoisotopic (exact) mass is 764 g/mol. The second kappa shape index (κ2) is 14.7. The summed E-state index contributed by atoms with van der Waals surface area (Å²) in [5.41, 5.74) is -6.86. The van der Waals surface area contributed by atoms with Crippen LogP contribution in [-0.2, 0) is 57.1 Å². The van der Waals surface area contributed by atoms with Gasteiger partial charge in [-0.05, 0) is 36.5 Å². The summed E-state index contributed by atoms with van der Waals surface area (Å²) in [4.78, 5) is 65.6. The van der Waals surface area contributed by atoms with E-state index in [1.54, 1.807) is 40.7 Å². The Balaban J connectivity index is 1.86. The summed E-state index contributed by atoms with van der Waals surface area (Å²) >= 11 is 0. The van der Waals surface area contributed by atoms with E-state index in [-0.39, 0.29) is 25.1 Å². The largest absolute Gasteiger partial charge is 0.472 e. The highest BCUT2D eigenvalue weighted by Crippen LogP contribution is 2.70. The normalized spacial score (nSPS) is 41.1. The maximum Gasteiger partial charge on any atom is 0.335 e. The summed E-state index contributed by atoms with van der Waals surface area (Å²) in [6, 6.07) is 1.63. The van der Waals surface area contributed by atoms with Crippen molar-refractivity contribution in [2.45, 2.75) is 128 Å². The van der Waals surface area contributed by atoms with Crippen LogP contribution in [0.2, 0.25) is 0 Å². The molecular weight excluding hydrogens is 712 g/mol. The predicted octanol–water partition coefficient (Wildman–Crippen LogP) is 2.46. The molecule has 1 aromatic rings. The third-order valence-corrected chi connectivity index (χ3v) is 12.9. The molecule has 54 heavy (non-hydrogen) atoms. The molecule has 2 aliphatic heterocycles. The first-order valence-electron chi connectivity index (χ1n) is 18.1. The van der Waals surface area contributed by atoms with E-state index >= 15 is 0 Å². The van der Waals surface area contributed by atoms with Crippen LogP contribution >= 0.6 is 0 Å². The van der Waals surface area contributed by atoms with Gasteiger partial charge in [-0.3, -0.25) is 19.2 Å². The highest BCUT2D eigenvalue weighted by molar-refractivity contribution is 5.75. The molecule has 5 rings (SSSR count). The van der Waals surface area contributed by atoms with Gasteiger partial charge in [0.1, 0.15) is 30.0 Å². The zero-order valence-electron chi connectivity index (χ0n) is 31.9. The number of aliphatic hydroxyl groups excluding tert-OH is 1. The Morgan fingerprint density at radius 3 is 2.28 bits per heavy atom. The molecule has 0 amide bonds. The molecule has 3 N–H and O–H groups in total. The Hall–Kier alpha value is -3.83. The molecule has 1 aromatic heterocycles. The van der Waals surface area contributed by atoms with E-state index in [9.17, 15) is 39.3 Å². The quantitative estimate of drug-likeness (QED) is 0.120. The van der Waals surface area contributed by atoms with Crippen molar-refractivity contribution in [3.8, 4) is 0 Å². The van der Waals surface area contributed by atoms with Gasteiger partial charge in [0.15, 0.2) is 6.10 Å². The van der Waals surface area contributed by atoms with Gasteiger partial charge >= 0.3 is 23.9 Å². The molecule has 2 saturated carbocycles. The fourth-order valence-corrected chi connectivity index (χ4v) is 9.99. The third-order valence-electron chi connectivity index (χ3n) is 12.9. The van der Waals surface area contributed by atoms with Crippen molar-refractivity contribution in [3.05, 3.63) is 36.3 Å². The minimum atomic E-state index is -2.32. The number of rotatable bonds is 12. The molecule has 4 aliphatic rings. The first-order valence-corrected chi connectivity index (χ1v) is 18.1. The molecule has 4 fully saturated rings. The average molecular weight is 765 g/mol. The van der Waals surface area contributed by atoms with Gasteiger partial charge in [-0.1, -0.05) is 40.7 Å².